The van der Waals surface area contributed by atoms with Gasteiger partial charge in [0.15, 0.2) is 0 Å². The predicted octanol–water partition coefficient (Wildman–Crippen LogP) is 3.02. The molecule has 1 amide bonds. The van der Waals surface area contributed by atoms with Crippen molar-refractivity contribution in [2.75, 3.05) is 0 Å². The fraction of sp³-hybridized carbons (Fsp3) is 0.471. The molecule has 0 radical (unpaired) electrons. The zero-order chi connectivity index (χ0) is 13.5. The number of amides is 1. The Morgan fingerprint density at radius 2 is 2.15 bits per heavy atom. The minimum Gasteiger partial charge on any atom is -0.361 e. The van der Waals surface area contributed by atoms with Gasteiger partial charge >= 0.3 is 0 Å². The third-order valence-electron chi connectivity index (χ3n) is 5.11. The zero-order valence-corrected chi connectivity index (χ0v) is 11.6. The van der Waals surface area contributed by atoms with Gasteiger partial charge in [-0.15, -0.1) is 0 Å². The van der Waals surface area contributed by atoms with Crippen molar-refractivity contribution in [3.05, 3.63) is 36.0 Å². The van der Waals surface area contributed by atoms with E-state index in [1.54, 1.807) is 0 Å². The van der Waals surface area contributed by atoms with Crippen molar-refractivity contribution in [3.8, 4) is 0 Å². The maximum Gasteiger partial charge on any atom is 0.224 e. The van der Waals surface area contributed by atoms with Crippen molar-refractivity contribution in [1.29, 1.82) is 0 Å². The number of carbonyl (C=O) groups excluding carboxylic acids is 1. The van der Waals surface area contributed by atoms with E-state index in [0.717, 1.165) is 28.3 Å². The van der Waals surface area contributed by atoms with E-state index in [1.165, 1.54) is 25.7 Å². The van der Waals surface area contributed by atoms with Gasteiger partial charge in [0, 0.05) is 23.1 Å². The monoisotopic (exact) mass is 268 g/mol. The fourth-order valence-corrected chi connectivity index (χ4v) is 4.13. The highest BCUT2D eigenvalue weighted by atomic mass is 16.1. The summed E-state index contributed by atoms with van der Waals surface area (Å²) in [7, 11) is 0. The fourth-order valence-electron chi connectivity index (χ4n) is 4.13. The van der Waals surface area contributed by atoms with Crippen LogP contribution in [0.25, 0.3) is 10.9 Å². The summed E-state index contributed by atoms with van der Waals surface area (Å²) in [5.74, 6) is 1.79. The van der Waals surface area contributed by atoms with Crippen molar-refractivity contribution in [3.63, 3.8) is 0 Å². The third kappa shape index (κ3) is 2.01. The van der Waals surface area contributed by atoms with E-state index in [9.17, 15) is 4.79 Å². The second kappa shape index (κ2) is 4.65. The maximum absolute atomic E-state index is 12.3. The van der Waals surface area contributed by atoms with E-state index in [4.69, 9.17) is 0 Å². The first-order chi connectivity index (χ1) is 9.79. The molecule has 4 rings (SSSR count). The third-order valence-corrected chi connectivity index (χ3v) is 5.11. The normalized spacial score (nSPS) is 28.1. The minimum absolute atomic E-state index is 0.173. The molecule has 2 saturated carbocycles. The van der Waals surface area contributed by atoms with Crippen LogP contribution in [0.5, 0.6) is 0 Å². The van der Waals surface area contributed by atoms with E-state index in [1.807, 2.05) is 24.4 Å². The molecule has 104 valence electrons. The van der Waals surface area contributed by atoms with Gasteiger partial charge in [-0.3, -0.25) is 4.79 Å². The summed E-state index contributed by atoms with van der Waals surface area (Å²) in [6.45, 7) is 0. The van der Waals surface area contributed by atoms with Crippen molar-refractivity contribution in [1.82, 2.24) is 10.3 Å². The molecule has 1 aromatic heterocycles. The molecule has 2 aliphatic carbocycles. The van der Waals surface area contributed by atoms with Crippen molar-refractivity contribution in [2.45, 2.75) is 38.1 Å². The van der Waals surface area contributed by atoms with Crippen LogP contribution in [0.15, 0.2) is 30.5 Å². The van der Waals surface area contributed by atoms with Crippen LogP contribution in [0.3, 0.4) is 0 Å². The summed E-state index contributed by atoms with van der Waals surface area (Å²) < 4.78 is 0. The van der Waals surface area contributed by atoms with E-state index in [-0.39, 0.29) is 5.91 Å². The maximum atomic E-state index is 12.3. The van der Waals surface area contributed by atoms with E-state index >= 15 is 0 Å². The summed E-state index contributed by atoms with van der Waals surface area (Å²) in [5, 5.41) is 4.42. The van der Waals surface area contributed by atoms with Crippen molar-refractivity contribution in [2.24, 2.45) is 11.8 Å². The number of rotatable bonds is 3. The number of aromatic amines is 1. The molecule has 2 aliphatic rings. The predicted molar refractivity (Wildman–Crippen MR) is 79.4 cm³/mol. The molecule has 1 aromatic carbocycles. The van der Waals surface area contributed by atoms with Gasteiger partial charge in [-0.05, 0) is 42.7 Å². The molecule has 2 fully saturated rings. The molecule has 0 spiro atoms. The number of fused-ring (bicyclic) bond motifs is 3. The number of carbonyl (C=O) groups is 1. The van der Waals surface area contributed by atoms with Crippen LogP contribution in [-0.2, 0) is 11.2 Å². The average molecular weight is 268 g/mol. The number of nitrogens with one attached hydrogen (secondary N) is 2. The molecule has 2 aromatic rings. The van der Waals surface area contributed by atoms with Gasteiger partial charge in [-0.1, -0.05) is 24.6 Å². The molecule has 20 heavy (non-hydrogen) atoms. The number of aromatic nitrogens is 1. The molecule has 0 saturated heterocycles. The van der Waals surface area contributed by atoms with Crippen LogP contribution < -0.4 is 5.32 Å². The molecule has 3 nitrogen and oxygen atoms in total. The Kier molecular flexibility index (Phi) is 2.79. The number of hydrogen-bond acceptors (Lipinski definition) is 1. The Morgan fingerprint density at radius 3 is 2.95 bits per heavy atom. The molecule has 1 heterocycles. The lowest BCUT2D eigenvalue weighted by Crippen LogP contribution is -2.39. The first kappa shape index (κ1) is 12.0. The van der Waals surface area contributed by atoms with E-state index in [2.05, 4.69) is 16.4 Å². The highest BCUT2D eigenvalue weighted by Crippen LogP contribution is 2.44. The Labute approximate surface area is 118 Å². The van der Waals surface area contributed by atoms with Crippen molar-refractivity contribution < 1.29 is 4.79 Å². The molecule has 3 atom stereocenters. The highest BCUT2D eigenvalue weighted by Gasteiger charge is 2.39. The van der Waals surface area contributed by atoms with Crippen LogP contribution in [0, 0.1) is 11.8 Å². The van der Waals surface area contributed by atoms with Crippen LogP contribution in [0.1, 0.15) is 31.2 Å². The zero-order valence-electron chi connectivity index (χ0n) is 11.6. The summed E-state index contributed by atoms with van der Waals surface area (Å²) in [4.78, 5) is 15.5. The molecule has 2 bridgehead atoms. The minimum atomic E-state index is 0.173. The molecule has 2 N–H and O–H groups in total. The molecular formula is C17H20N2O. The first-order valence-electron chi connectivity index (χ1n) is 7.64. The van der Waals surface area contributed by atoms with Gasteiger partial charge in [0.05, 0.1) is 6.42 Å². The summed E-state index contributed by atoms with van der Waals surface area (Å²) in [6.07, 6.45) is 7.66. The lowest BCUT2D eigenvalue weighted by atomic mass is 9.95. The molecule has 3 heteroatoms. The number of hydrogen-bond donors (Lipinski definition) is 2. The lowest BCUT2D eigenvalue weighted by molar-refractivity contribution is -0.121. The summed E-state index contributed by atoms with van der Waals surface area (Å²) >= 11 is 0. The largest absolute Gasteiger partial charge is 0.361 e. The first-order valence-corrected chi connectivity index (χ1v) is 7.64. The second-order valence-corrected chi connectivity index (χ2v) is 6.39. The Morgan fingerprint density at radius 1 is 1.25 bits per heavy atom. The van der Waals surface area contributed by atoms with Crippen LogP contribution >= 0.6 is 0 Å². The van der Waals surface area contributed by atoms with Gasteiger partial charge in [0.2, 0.25) is 5.91 Å². The SMILES string of the molecule is O=C(Cc1c[nH]c2ccccc12)NC1CC2CCC1C2. The molecular weight excluding hydrogens is 248 g/mol. The lowest BCUT2D eigenvalue weighted by Gasteiger charge is -2.22. The molecule has 0 aliphatic heterocycles. The summed E-state index contributed by atoms with van der Waals surface area (Å²) in [5.41, 5.74) is 2.21. The van der Waals surface area contributed by atoms with Crippen molar-refractivity contribution >= 4 is 16.8 Å². The van der Waals surface area contributed by atoms with Gasteiger partial charge in [0.25, 0.3) is 0 Å². The topological polar surface area (TPSA) is 44.9 Å². The second-order valence-electron chi connectivity index (χ2n) is 6.39. The number of para-hydroxylation sites is 1. The quantitative estimate of drug-likeness (QED) is 0.883. The highest BCUT2D eigenvalue weighted by molar-refractivity contribution is 5.88. The Balaban J connectivity index is 1.45. The standard InChI is InChI=1S/C17H20N2O/c20-17(19-16-8-11-5-6-12(16)7-11)9-13-10-18-15-4-2-1-3-14(13)15/h1-4,10-12,16,18H,5-9H2,(H,19,20). The summed E-state index contributed by atoms with van der Waals surface area (Å²) in [6, 6.07) is 8.59. The van der Waals surface area contributed by atoms with Gasteiger partial charge in [-0.2, -0.15) is 0 Å². The van der Waals surface area contributed by atoms with Gasteiger partial charge < -0.3 is 10.3 Å². The Hall–Kier alpha value is -1.77. The molecule has 3 unspecified atom stereocenters. The van der Waals surface area contributed by atoms with Gasteiger partial charge in [0.1, 0.15) is 0 Å². The number of H-pyrrole nitrogens is 1. The van der Waals surface area contributed by atoms with Crippen LogP contribution in [0.2, 0.25) is 0 Å². The van der Waals surface area contributed by atoms with Gasteiger partial charge in [-0.25, -0.2) is 0 Å². The van der Waals surface area contributed by atoms with Crippen LogP contribution in [0.4, 0.5) is 0 Å². The number of benzene rings is 1. The van der Waals surface area contributed by atoms with E-state index in [0.29, 0.717) is 12.5 Å². The average Bonchev–Trinajstić information content (AvgIpc) is 3.14. The Bertz CT molecular complexity index is 645. The van der Waals surface area contributed by atoms with E-state index < -0.39 is 0 Å². The smallest absolute Gasteiger partial charge is 0.224 e. The van der Waals surface area contributed by atoms with Crippen LogP contribution in [-0.4, -0.2) is 16.9 Å².